The maximum atomic E-state index is 12.5. The van der Waals surface area contributed by atoms with Gasteiger partial charge in [0.25, 0.3) is 0 Å². The average Bonchev–Trinajstić information content (AvgIpc) is 1.90. The van der Waals surface area contributed by atoms with E-state index in [-0.39, 0.29) is 5.82 Å². The van der Waals surface area contributed by atoms with Gasteiger partial charge in [0.2, 0.25) is 0 Å². The predicted molar refractivity (Wildman–Crippen MR) is 42.7 cm³/mol. The highest BCUT2D eigenvalue weighted by molar-refractivity contribution is 5.23. The lowest BCUT2D eigenvalue weighted by Crippen LogP contribution is -2.09. The molecule has 1 aliphatic carbocycles. The van der Waals surface area contributed by atoms with Crippen molar-refractivity contribution in [3.05, 3.63) is 42.1 Å². The van der Waals surface area contributed by atoms with Crippen molar-refractivity contribution in [1.82, 2.24) is 0 Å². The first-order valence-electron chi connectivity index (χ1n) is 3.93. The van der Waals surface area contributed by atoms with Crippen LogP contribution >= 0.6 is 0 Å². The number of rotatable bonds is 1. The molecule has 0 N–H and O–H groups in total. The van der Waals surface area contributed by atoms with Gasteiger partial charge in [-0.25, -0.2) is 4.39 Å². The van der Waals surface area contributed by atoms with Gasteiger partial charge < -0.3 is 0 Å². The third-order valence-electron chi connectivity index (χ3n) is 2.24. The summed E-state index contributed by atoms with van der Waals surface area (Å²) in [5, 5.41) is 0. The van der Waals surface area contributed by atoms with E-state index in [0.717, 1.165) is 12.8 Å². The molecule has 0 aromatic heterocycles. The second-order valence-corrected chi connectivity index (χ2v) is 3.01. The second kappa shape index (κ2) is 2.65. The standard InChI is InChI=1S/C10H10F/c11-10-6-4-9(5-7-10)8-2-1-3-8/h1,4-8H,2-3H2. The van der Waals surface area contributed by atoms with Crippen LogP contribution in [0.1, 0.15) is 24.3 Å². The van der Waals surface area contributed by atoms with E-state index in [4.69, 9.17) is 0 Å². The third kappa shape index (κ3) is 1.28. The predicted octanol–water partition coefficient (Wildman–Crippen LogP) is 2.91. The summed E-state index contributed by atoms with van der Waals surface area (Å²) in [7, 11) is 0. The lowest BCUT2D eigenvalue weighted by atomic mass is 9.80. The zero-order chi connectivity index (χ0) is 7.68. The molecule has 1 fully saturated rings. The third-order valence-corrected chi connectivity index (χ3v) is 2.24. The summed E-state index contributed by atoms with van der Waals surface area (Å²) >= 11 is 0. The molecule has 1 radical (unpaired) electrons. The molecule has 1 heteroatoms. The van der Waals surface area contributed by atoms with Gasteiger partial charge in [-0.2, -0.15) is 0 Å². The first-order valence-corrected chi connectivity index (χ1v) is 3.93. The van der Waals surface area contributed by atoms with Crippen LogP contribution in [0.2, 0.25) is 0 Å². The van der Waals surface area contributed by atoms with Crippen LogP contribution < -0.4 is 0 Å². The molecule has 0 heterocycles. The Labute approximate surface area is 66.1 Å². The Balaban J connectivity index is 2.18. The van der Waals surface area contributed by atoms with Gasteiger partial charge in [0, 0.05) is 0 Å². The maximum absolute atomic E-state index is 12.5. The van der Waals surface area contributed by atoms with Gasteiger partial charge in [0.1, 0.15) is 5.82 Å². The molecule has 0 aliphatic heterocycles. The van der Waals surface area contributed by atoms with E-state index >= 15 is 0 Å². The van der Waals surface area contributed by atoms with Crippen LogP contribution in [-0.4, -0.2) is 0 Å². The Morgan fingerprint density at radius 1 is 1.09 bits per heavy atom. The fraction of sp³-hybridized carbons (Fsp3) is 0.300. The summed E-state index contributed by atoms with van der Waals surface area (Å²) in [5.74, 6) is 0.521. The van der Waals surface area contributed by atoms with Gasteiger partial charge >= 0.3 is 0 Å². The van der Waals surface area contributed by atoms with E-state index in [2.05, 4.69) is 6.42 Å². The minimum absolute atomic E-state index is 0.142. The quantitative estimate of drug-likeness (QED) is 0.576. The maximum Gasteiger partial charge on any atom is 0.123 e. The Hall–Kier alpha value is -0.850. The normalized spacial score (nSPS) is 17.9. The summed E-state index contributed by atoms with van der Waals surface area (Å²) in [4.78, 5) is 0. The molecule has 0 unspecified atom stereocenters. The molecule has 0 amide bonds. The average molecular weight is 149 g/mol. The molecule has 1 saturated carbocycles. The van der Waals surface area contributed by atoms with Crippen molar-refractivity contribution in [3.8, 4) is 0 Å². The van der Waals surface area contributed by atoms with Crippen LogP contribution in [0.4, 0.5) is 4.39 Å². The number of hydrogen-bond donors (Lipinski definition) is 0. The number of benzene rings is 1. The van der Waals surface area contributed by atoms with Crippen molar-refractivity contribution in [1.29, 1.82) is 0 Å². The minimum atomic E-state index is -0.142. The topological polar surface area (TPSA) is 0 Å². The van der Waals surface area contributed by atoms with Gasteiger partial charge in [-0.05, 0) is 42.9 Å². The Bertz CT molecular complexity index is 234. The van der Waals surface area contributed by atoms with Gasteiger partial charge in [-0.3, -0.25) is 0 Å². The first kappa shape index (κ1) is 6.84. The van der Waals surface area contributed by atoms with E-state index in [0.29, 0.717) is 5.92 Å². The van der Waals surface area contributed by atoms with Gasteiger partial charge in [-0.15, -0.1) is 0 Å². The molecule has 0 spiro atoms. The summed E-state index contributed by atoms with van der Waals surface area (Å²) < 4.78 is 12.5. The molecule has 2 rings (SSSR count). The van der Waals surface area contributed by atoms with E-state index < -0.39 is 0 Å². The van der Waals surface area contributed by atoms with Crippen molar-refractivity contribution in [2.24, 2.45) is 0 Å². The van der Waals surface area contributed by atoms with Crippen molar-refractivity contribution in [2.45, 2.75) is 18.8 Å². The zero-order valence-corrected chi connectivity index (χ0v) is 6.26. The lowest BCUT2D eigenvalue weighted by molar-refractivity contribution is 0.538. The molecule has 0 saturated heterocycles. The minimum Gasteiger partial charge on any atom is -0.207 e. The summed E-state index contributed by atoms with van der Waals surface area (Å²) in [5.41, 5.74) is 1.27. The van der Waals surface area contributed by atoms with Crippen LogP contribution in [0.3, 0.4) is 0 Å². The highest BCUT2D eigenvalue weighted by atomic mass is 19.1. The molecular formula is C10H10F. The largest absolute Gasteiger partial charge is 0.207 e. The number of halogens is 1. The molecule has 0 bridgehead atoms. The van der Waals surface area contributed by atoms with Crippen LogP contribution in [0.25, 0.3) is 0 Å². The molecular weight excluding hydrogens is 139 g/mol. The molecule has 1 aliphatic rings. The van der Waals surface area contributed by atoms with Crippen molar-refractivity contribution >= 4 is 0 Å². The van der Waals surface area contributed by atoms with Gasteiger partial charge in [0.15, 0.2) is 0 Å². The Kier molecular flexibility index (Phi) is 1.65. The highest BCUT2D eigenvalue weighted by Gasteiger charge is 2.18. The van der Waals surface area contributed by atoms with Gasteiger partial charge in [0.05, 0.1) is 0 Å². The zero-order valence-electron chi connectivity index (χ0n) is 6.26. The SMILES string of the molecule is Fc1ccc(C2C[CH]C2)cc1. The Morgan fingerprint density at radius 3 is 2.18 bits per heavy atom. The molecule has 0 atom stereocenters. The van der Waals surface area contributed by atoms with E-state index in [1.807, 2.05) is 12.1 Å². The van der Waals surface area contributed by atoms with Crippen molar-refractivity contribution in [3.63, 3.8) is 0 Å². The van der Waals surface area contributed by atoms with E-state index in [1.165, 1.54) is 17.7 Å². The summed E-state index contributed by atoms with van der Waals surface area (Å²) in [6.07, 6.45) is 4.57. The van der Waals surface area contributed by atoms with Crippen LogP contribution in [0.15, 0.2) is 24.3 Å². The van der Waals surface area contributed by atoms with Crippen LogP contribution in [0.5, 0.6) is 0 Å². The van der Waals surface area contributed by atoms with E-state index in [9.17, 15) is 4.39 Å². The fourth-order valence-electron chi connectivity index (χ4n) is 1.34. The van der Waals surface area contributed by atoms with Crippen LogP contribution in [-0.2, 0) is 0 Å². The molecule has 11 heavy (non-hydrogen) atoms. The summed E-state index contributed by atoms with van der Waals surface area (Å²) in [6, 6.07) is 6.83. The fourth-order valence-corrected chi connectivity index (χ4v) is 1.34. The van der Waals surface area contributed by atoms with E-state index in [1.54, 1.807) is 0 Å². The molecule has 0 nitrogen and oxygen atoms in total. The Morgan fingerprint density at radius 2 is 1.73 bits per heavy atom. The van der Waals surface area contributed by atoms with Crippen LogP contribution in [0, 0.1) is 12.2 Å². The first-order chi connectivity index (χ1) is 5.36. The number of hydrogen-bond acceptors (Lipinski definition) is 0. The molecule has 1 aromatic carbocycles. The molecule has 1 aromatic rings. The monoisotopic (exact) mass is 149 g/mol. The summed E-state index contributed by atoms with van der Waals surface area (Å²) in [6.45, 7) is 0. The highest BCUT2D eigenvalue weighted by Crippen LogP contribution is 2.35. The van der Waals surface area contributed by atoms with Gasteiger partial charge in [-0.1, -0.05) is 12.1 Å². The van der Waals surface area contributed by atoms with Crippen molar-refractivity contribution in [2.75, 3.05) is 0 Å². The van der Waals surface area contributed by atoms with Crippen molar-refractivity contribution < 1.29 is 4.39 Å². The molecule has 57 valence electrons. The smallest absolute Gasteiger partial charge is 0.123 e. The second-order valence-electron chi connectivity index (χ2n) is 3.01. The lowest BCUT2D eigenvalue weighted by Gasteiger charge is -2.25.